The highest BCUT2D eigenvalue weighted by Gasteiger charge is 2.07. The molecule has 1 aromatic rings. The van der Waals surface area contributed by atoms with Crippen LogP contribution in [0.5, 0.6) is 5.75 Å². The van der Waals surface area contributed by atoms with Crippen molar-refractivity contribution in [3.8, 4) is 5.75 Å². The quantitative estimate of drug-likeness (QED) is 0.879. The molecule has 0 unspecified atom stereocenters. The second-order valence-corrected chi connectivity index (χ2v) is 3.87. The van der Waals surface area contributed by atoms with Crippen LogP contribution in [0.1, 0.15) is 5.56 Å². The Balaban J connectivity index is 2.73. The lowest BCUT2D eigenvalue weighted by atomic mass is 10.1. The van der Waals surface area contributed by atoms with Gasteiger partial charge in [-0.25, -0.2) is 4.79 Å². The molecule has 0 aliphatic carbocycles. The van der Waals surface area contributed by atoms with Crippen molar-refractivity contribution in [3.05, 3.63) is 27.7 Å². The van der Waals surface area contributed by atoms with Crippen molar-refractivity contribution in [3.63, 3.8) is 0 Å². The first kappa shape index (κ1) is 12.9. The molecular formula is C10H11Cl2NO3. The van der Waals surface area contributed by atoms with Crippen molar-refractivity contribution in [1.29, 1.82) is 0 Å². The van der Waals surface area contributed by atoms with Gasteiger partial charge in [-0.05, 0) is 18.1 Å². The molecule has 0 spiro atoms. The number of hydrogen-bond donors (Lipinski definition) is 2. The molecule has 0 aliphatic rings. The van der Waals surface area contributed by atoms with E-state index >= 15 is 0 Å². The molecule has 0 bridgehead atoms. The second-order valence-electron chi connectivity index (χ2n) is 3.06. The average Bonchev–Trinajstić information content (AvgIpc) is 2.22. The Morgan fingerprint density at radius 3 is 2.69 bits per heavy atom. The van der Waals surface area contributed by atoms with E-state index in [0.29, 0.717) is 22.2 Å². The third-order valence-electron chi connectivity index (χ3n) is 1.99. The Bertz CT molecular complexity index is 396. The zero-order chi connectivity index (χ0) is 12.1. The third kappa shape index (κ3) is 3.47. The Morgan fingerprint density at radius 1 is 1.44 bits per heavy atom. The molecule has 88 valence electrons. The van der Waals surface area contributed by atoms with Crippen LogP contribution < -0.4 is 10.1 Å². The monoisotopic (exact) mass is 263 g/mol. The molecule has 4 nitrogen and oxygen atoms in total. The van der Waals surface area contributed by atoms with Gasteiger partial charge in [0.05, 0.1) is 12.1 Å². The molecule has 1 amide bonds. The van der Waals surface area contributed by atoms with Gasteiger partial charge in [0.2, 0.25) is 0 Å². The number of benzene rings is 1. The Kier molecular flexibility index (Phi) is 4.71. The van der Waals surface area contributed by atoms with E-state index in [2.05, 4.69) is 5.32 Å². The summed E-state index contributed by atoms with van der Waals surface area (Å²) in [6.45, 7) is 0.289. The maximum atomic E-state index is 10.3. The van der Waals surface area contributed by atoms with E-state index in [1.807, 2.05) is 0 Å². The molecule has 1 rings (SSSR count). The normalized spacial score (nSPS) is 9.94. The molecule has 0 saturated carbocycles. The van der Waals surface area contributed by atoms with Gasteiger partial charge < -0.3 is 15.2 Å². The van der Waals surface area contributed by atoms with Crippen molar-refractivity contribution in [1.82, 2.24) is 5.32 Å². The summed E-state index contributed by atoms with van der Waals surface area (Å²) in [5.74, 6) is 0.501. The third-order valence-corrected chi connectivity index (χ3v) is 2.64. The molecule has 0 heterocycles. The predicted molar refractivity (Wildman–Crippen MR) is 62.7 cm³/mol. The minimum absolute atomic E-state index is 0.289. The van der Waals surface area contributed by atoms with Gasteiger partial charge in [0.1, 0.15) is 5.75 Å². The number of hydrogen-bond acceptors (Lipinski definition) is 2. The zero-order valence-electron chi connectivity index (χ0n) is 8.59. The van der Waals surface area contributed by atoms with E-state index in [0.717, 1.165) is 5.56 Å². The van der Waals surface area contributed by atoms with Crippen LogP contribution in [-0.4, -0.2) is 24.9 Å². The number of nitrogens with one attached hydrogen (secondary N) is 1. The second kappa shape index (κ2) is 5.82. The van der Waals surface area contributed by atoms with Crippen LogP contribution in [0, 0.1) is 0 Å². The first-order valence-electron chi connectivity index (χ1n) is 4.53. The summed E-state index contributed by atoms with van der Waals surface area (Å²) in [4.78, 5) is 10.3. The summed E-state index contributed by atoms with van der Waals surface area (Å²) in [6, 6.07) is 3.28. The number of amides is 1. The minimum Gasteiger partial charge on any atom is -0.495 e. The minimum atomic E-state index is -1.06. The largest absolute Gasteiger partial charge is 0.495 e. The molecule has 16 heavy (non-hydrogen) atoms. The first-order chi connectivity index (χ1) is 7.54. The van der Waals surface area contributed by atoms with Crippen LogP contribution in [0.2, 0.25) is 10.0 Å². The Labute approximate surface area is 103 Å². The lowest BCUT2D eigenvalue weighted by Gasteiger charge is -2.08. The highest BCUT2D eigenvalue weighted by atomic mass is 35.5. The van der Waals surface area contributed by atoms with Gasteiger partial charge in [-0.1, -0.05) is 23.2 Å². The molecule has 0 fully saturated rings. The summed E-state index contributed by atoms with van der Waals surface area (Å²) < 4.78 is 5.00. The van der Waals surface area contributed by atoms with Gasteiger partial charge in [0, 0.05) is 17.6 Å². The Hall–Kier alpha value is -1.13. The van der Waals surface area contributed by atoms with Gasteiger partial charge in [-0.15, -0.1) is 0 Å². The van der Waals surface area contributed by atoms with Crippen molar-refractivity contribution >= 4 is 29.3 Å². The summed E-state index contributed by atoms with van der Waals surface area (Å²) in [5, 5.41) is 11.6. The van der Waals surface area contributed by atoms with Crippen LogP contribution in [-0.2, 0) is 6.42 Å². The number of carbonyl (C=O) groups is 1. The van der Waals surface area contributed by atoms with E-state index in [9.17, 15) is 4.79 Å². The molecule has 2 N–H and O–H groups in total. The van der Waals surface area contributed by atoms with E-state index in [4.69, 9.17) is 33.0 Å². The average molecular weight is 264 g/mol. The smallest absolute Gasteiger partial charge is 0.404 e. The SMILES string of the molecule is COc1cc(Cl)c(CCNC(=O)O)cc1Cl. The standard InChI is InChI=1S/C10H11Cl2NO3/c1-16-9-5-7(11)6(4-8(9)12)2-3-13-10(14)15/h4-5,13H,2-3H2,1H3,(H,14,15). The van der Waals surface area contributed by atoms with Crippen LogP contribution in [0.4, 0.5) is 4.79 Å². The molecule has 0 aliphatic heterocycles. The highest BCUT2D eigenvalue weighted by molar-refractivity contribution is 6.34. The Morgan fingerprint density at radius 2 is 2.12 bits per heavy atom. The highest BCUT2D eigenvalue weighted by Crippen LogP contribution is 2.30. The molecule has 1 aromatic carbocycles. The molecule has 0 atom stereocenters. The zero-order valence-corrected chi connectivity index (χ0v) is 10.1. The van der Waals surface area contributed by atoms with Crippen LogP contribution in [0.15, 0.2) is 12.1 Å². The van der Waals surface area contributed by atoms with Crippen molar-refractivity contribution in [2.75, 3.05) is 13.7 Å². The maximum absolute atomic E-state index is 10.3. The van der Waals surface area contributed by atoms with Gasteiger partial charge >= 0.3 is 6.09 Å². The summed E-state index contributed by atoms with van der Waals surface area (Å²) in [6.07, 6.45) is -0.579. The van der Waals surface area contributed by atoms with Gasteiger partial charge in [0.25, 0.3) is 0 Å². The fraction of sp³-hybridized carbons (Fsp3) is 0.300. The predicted octanol–water partition coefficient (Wildman–Crippen LogP) is 2.81. The molecule has 6 heteroatoms. The summed E-state index contributed by atoms with van der Waals surface area (Å²) in [5.41, 5.74) is 0.779. The van der Waals surface area contributed by atoms with Gasteiger partial charge in [-0.2, -0.15) is 0 Å². The topological polar surface area (TPSA) is 58.6 Å². The fourth-order valence-electron chi connectivity index (χ4n) is 1.22. The van der Waals surface area contributed by atoms with Crippen LogP contribution in [0.25, 0.3) is 0 Å². The molecular weight excluding hydrogens is 253 g/mol. The number of halogens is 2. The summed E-state index contributed by atoms with van der Waals surface area (Å²) >= 11 is 11.9. The van der Waals surface area contributed by atoms with E-state index in [-0.39, 0.29) is 6.54 Å². The molecule has 0 radical (unpaired) electrons. The molecule has 0 aromatic heterocycles. The number of ether oxygens (including phenoxy) is 1. The van der Waals surface area contributed by atoms with Crippen LogP contribution in [0.3, 0.4) is 0 Å². The van der Waals surface area contributed by atoms with Crippen LogP contribution >= 0.6 is 23.2 Å². The van der Waals surface area contributed by atoms with Gasteiger partial charge in [-0.3, -0.25) is 0 Å². The summed E-state index contributed by atoms with van der Waals surface area (Å²) in [7, 11) is 1.50. The van der Waals surface area contributed by atoms with E-state index in [1.54, 1.807) is 12.1 Å². The number of carboxylic acid groups (broad SMARTS) is 1. The van der Waals surface area contributed by atoms with Crippen molar-refractivity contribution in [2.45, 2.75) is 6.42 Å². The lowest BCUT2D eigenvalue weighted by molar-refractivity contribution is 0.194. The number of rotatable bonds is 4. The fourth-order valence-corrected chi connectivity index (χ4v) is 1.73. The van der Waals surface area contributed by atoms with E-state index < -0.39 is 6.09 Å². The first-order valence-corrected chi connectivity index (χ1v) is 5.29. The molecule has 0 saturated heterocycles. The van der Waals surface area contributed by atoms with Crippen molar-refractivity contribution in [2.24, 2.45) is 0 Å². The van der Waals surface area contributed by atoms with Crippen molar-refractivity contribution < 1.29 is 14.6 Å². The maximum Gasteiger partial charge on any atom is 0.404 e. The van der Waals surface area contributed by atoms with E-state index in [1.165, 1.54) is 7.11 Å². The van der Waals surface area contributed by atoms with Gasteiger partial charge in [0.15, 0.2) is 0 Å². The lowest BCUT2D eigenvalue weighted by Crippen LogP contribution is -2.23. The number of methoxy groups -OCH3 is 1.